The second-order valence-electron chi connectivity index (χ2n) is 5.29. The monoisotopic (exact) mass is 246 g/mol. The molecule has 0 spiro atoms. The summed E-state index contributed by atoms with van der Waals surface area (Å²) in [5.74, 6) is 0. The van der Waals surface area contributed by atoms with Gasteiger partial charge in [0.05, 0.1) is 5.60 Å². The summed E-state index contributed by atoms with van der Waals surface area (Å²) in [6.45, 7) is 6.48. The van der Waals surface area contributed by atoms with Crippen LogP contribution in [-0.4, -0.2) is 34.3 Å². The second kappa shape index (κ2) is 5.62. The zero-order chi connectivity index (χ0) is 12.2. The molecular formula is C12H26O3Si. The van der Waals surface area contributed by atoms with Crippen molar-refractivity contribution >= 4 is 9.28 Å². The van der Waals surface area contributed by atoms with Gasteiger partial charge in [-0.15, -0.1) is 0 Å². The Morgan fingerprint density at radius 1 is 1.12 bits per heavy atom. The van der Waals surface area contributed by atoms with E-state index >= 15 is 0 Å². The third-order valence-corrected chi connectivity index (χ3v) is 6.05. The molecule has 0 heterocycles. The molecule has 0 bridgehead atoms. The Balaban J connectivity index is 2.80. The predicted octanol–water partition coefficient (Wildman–Crippen LogP) is 2.56. The summed E-state index contributed by atoms with van der Waals surface area (Å²) in [5, 5.41) is -0.108. The first-order chi connectivity index (χ1) is 7.49. The molecule has 1 aliphatic rings. The molecule has 1 saturated carbocycles. The first-order valence-electron chi connectivity index (χ1n) is 6.25. The van der Waals surface area contributed by atoms with Gasteiger partial charge in [-0.3, -0.25) is 0 Å². The lowest BCUT2D eigenvalue weighted by Gasteiger charge is -2.40. The molecule has 96 valence electrons. The Bertz CT molecular complexity index is 208. The number of ether oxygens (including phenoxy) is 1. The van der Waals surface area contributed by atoms with Gasteiger partial charge in [-0.1, -0.05) is 19.8 Å². The summed E-state index contributed by atoms with van der Waals surface area (Å²) in [6, 6.07) is 0. The largest absolute Gasteiger partial charge is 0.398 e. The fourth-order valence-corrected chi connectivity index (χ4v) is 4.85. The van der Waals surface area contributed by atoms with Gasteiger partial charge >= 0.3 is 9.28 Å². The van der Waals surface area contributed by atoms with Crippen LogP contribution in [0.5, 0.6) is 0 Å². The van der Waals surface area contributed by atoms with E-state index in [2.05, 4.69) is 20.8 Å². The van der Waals surface area contributed by atoms with Crippen LogP contribution in [0.25, 0.3) is 0 Å². The van der Waals surface area contributed by atoms with E-state index in [9.17, 15) is 0 Å². The van der Waals surface area contributed by atoms with Gasteiger partial charge in [-0.2, -0.15) is 0 Å². The molecule has 16 heavy (non-hydrogen) atoms. The molecule has 3 nitrogen and oxygen atoms in total. The van der Waals surface area contributed by atoms with Gasteiger partial charge < -0.3 is 13.6 Å². The Kier molecular flexibility index (Phi) is 4.98. The summed E-state index contributed by atoms with van der Waals surface area (Å²) in [6.07, 6.45) is 5.67. The Morgan fingerprint density at radius 2 is 1.62 bits per heavy atom. The second-order valence-corrected chi connectivity index (χ2v) is 7.95. The van der Waals surface area contributed by atoms with Crippen LogP contribution in [0.2, 0.25) is 0 Å². The highest BCUT2D eigenvalue weighted by Gasteiger charge is 2.48. The van der Waals surface area contributed by atoms with E-state index in [1.165, 1.54) is 12.8 Å². The van der Waals surface area contributed by atoms with E-state index in [4.69, 9.17) is 13.6 Å². The van der Waals surface area contributed by atoms with Crippen LogP contribution in [0.15, 0.2) is 0 Å². The molecule has 0 aliphatic heterocycles. The summed E-state index contributed by atoms with van der Waals surface area (Å²) in [4.78, 5) is 0. The Hall–Kier alpha value is 0.0969. The van der Waals surface area contributed by atoms with Crippen LogP contribution in [0.4, 0.5) is 0 Å². The van der Waals surface area contributed by atoms with E-state index in [-0.39, 0.29) is 10.8 Å². The van der Waals surface area contributed by atoms with Crippen LogP contribution >= 0.6 is 0 Å². The number of hydrogen-bond donors (Lipinski definition) is 0. The zero-order valence-electron chi connectivity index (χ0n) is 11.3. The van der Waals surface area contributed by atoms with Gasteiger partial charge in [0.1, 0.15) is 5.22 Å². The van der Waals surface area contributed by atoms with Crippen molar-refractivity contribution in [3.63, 3.8) is 0 Å². The van der Waals surface area contributed by atoms with Crippen molar-refractivity contribution in [2.45, 2.75) is 63.7 Å². The molecule has 0 unspecified atom stereocenters. The normalized spacial score (nSPS) is 20.6. The molecule has 0 aromatic heterocycles. The summed E-state index contributed by atoms with van der Waals surface area (Å²) in [7, 11) is 1.79. The van der Waals surface area contributed by atoms with E-state index in [0.717, 1.165) is 19.3 Å². The van der Waals surface area contributed by atoms with Crippen LogP contribution in [-0.2, 0) is 13.6 Å². The maximum absolute atomic E-state index is 6.39. The standard InChI is InChI=1S/C12H26O3Si/c1-6-11(2,3)15-12(9-7-8-10-12)16(13-4)14-5/h16H,6-10H2,1-5H3. The van der Waals surface area contributed by atoms with Gasteiger partial charge in [0.15, 0.2) is 0 Å². The third kappa shape index (κ3) is 3.06. The topological polar surface area (TPSA) is 27.7 Å². The Morgan fingerprint density at radius 3 is 2.00 bits per heavy atom. The summed E-state index contributed by atoms with van der Waals surface area (Å²) < 4.78 is 17.5. The quantitative estimate of drug-likeness (QED) is 0.674. The molecule has 0 atom stereocenters. The van der Waals surface area contributed by atoms with Crippen LogP contribution in [0, 0.1) is 0 Å². The van der Waals surface area contributed by atoms with Crippen molar-refractivity contribution in [2.24, 2.45) is 0 Å². The van der Waals surface area contributed by atoms with E-state index in [1.807, 2.05) is 0 Å². The summed E-state index contributed by atoms with van der Waals surface area (Å²) in [5.41, 5.74) is -0.0767. The lowest BCUT2D eigenvalue weighted by Crippen LogP contribution is -2.53. The SMILES string of the molecule is CCC(C)(C)OC1([SiH](OC)OC)CCCC1. The highest BCUT2D eigenvalue weighted by molar-refractivity contribution is 6.48. The smallest absolute Gasteiger partial charge is 0.354 e. The minimum atomic E-state index is -1.72. The first kappa shape index (κ1) is 14.2. The minimum Gasteiger partial charge on any atom is -0.398 e. The molecule has 0 radical (unpaired) electrons. The van der Waals surface area contributed by atoms with E-state index in [0.29, 0.717) is 0 Å². The Labute approximate surface area is 101 Å². The number of hydrogen-bond acceptors (Lipinski definition) is 3. The van der Waals surface area contributed by atoms with Gasteiger partial charge in [0.25, 0.3) is 0 Å². The van der Waals surface area contributed by atoms with Crippen molar-refractivity contribution in [1.82, 2.24) is 0 Å². The minimum absolute atomic E-state index is 0.0767. The van der Waals surface area contributed by atoms with Crippen LogP contribution in [0.1, 0.15) is 52.9 Å². The van der Waals surface area contributed by atoms with Crippen molar-refractivity contribution < 1.29 is 13.6 Å². The molecule has 1 aliphatic carbocycles. The summed E-state index contributed by atoms with van der Waals surface area (Å²) >= 11 is 0. The van der Waals surface area contributed by atoms with Crippen LogP contribution in [0.3, 0.4) is 0 Å². The maximum Gasteiger partial charge on any atom is 0.354 e. The van der Waals surface area contributed by atoms with Crippen molar-refractivity contribution in [1.29, 1.82) is 0 Å². The zero-order valence-corrected chi connectivity index (χ0v) is 12.5. The molecule has 0 saturated heterocycles. The molecular weight excluding hydrogens is 220 g/mol. The first-order valence-corrected chi connectivity index (χ1v) is 7.77. The highest BCUT2D eigenvalue weighted by atomic mass is 28.3. The molecule has 0 N–H and O–H groups in total. The van der Waals surface area contributed by atoms with Gasteiger partial charge in [-0.25, -0.2) is 0 Å². The van der Waals surface area contributed by atoms with Gasteiger partial charge in [0, 0.05) is 14.2 Å². The molecule has 0 aromatic carbocycles. The molecule has 1 rings (SSSR count). The molecule has 0 amide bonds. The molecule has 0 aromatic rings. The van der Waals surface area contributed by atoms with Crippen molar-refractivity contribution in [3.8, 4) is 0 Å². The lowest BCUT2D eigenvalue weighted by molar-refractivity contribution is -0.112. The average Bonchev–Trinajstić information content (AvgIpc) is 2.68. The predicted molar refractivity (Wildman–Crippen MR) is 67.8 cm³/mol. The number of rotatable bonds is 6. The lowest BCUT2D eigenvalue weighted by atomic mass is 10.1. The average molecular weight is 246 g/mol. The van der Waals surface area contributed by atoms with Crippen LogP contribution < -0.4 is 0 Å². The van der Waals surface area contributed by atoms with E-state index < -0.39 is 9.28 Å². The van der Waals surface area contributed by atoms with Crippen molar-refractivity contribution in [2.75, 3.05) is 14.2 Å². The molecule has 4 heteroatoms. The van der Waals surface area contributed by atoms with E-state index in [1.54, 1.807) is 14.2 Å². The maximum atomic E-state index is 6.39. The fraction of sp³-hybridized carbons (Fsp3) is 1.00. The third-order valence-electron chi connectivity index (χ3n) is 3.64. The fourth-order valence-electron chi connectivity index (χ4n) is 2.51. The van der Waals surface area contributed by atoms with Gasteiger partial charge in [0.2, 0.25) is 0 Å². The van der Waals surface area contributed by atoms with Crippen molar-refractivity contribution in [3.05, 3.63) is 0 Å². The molecule has 1 fully saturated rings. The van der Waals surface area contributed by atoms with Gasteiger partial charge in [-0.05, 0) is 33.1 Å². The highest BCUT2D eigenvalue weighted by Crippen LogP contribution is 2.39.